The average Bonchev–Trinajstić information content (AvgIpc) is 2.42. The summed E-state index contributed by atoms with van der Waals surface area (Å²) in [5, 5.41) is 3.64. The largest absolute Gasteiger partial charge is 0.467 e. The Morgan fingerprint density at radius 1 is 1.20 bits per heavy atom. The summed E-state index contributed by atoms with van der Waals surface area (Å²) in [5.41, 5.74) is 0.891. The highest BCUT2D eigenvalue weighted by Crippen LogP contribution is 2.26. The molecule has 20 heavy (non-hydrogen) atoms. The molecule has 0 amide bonds. The number of nitrogens with one attached hydrogen (secondary N) is 1. The van der Waals surface area contributed by atoms with E-state index in [1.165, 1.54) is 7.11 Å². The van der Waals surface area contributed by atoms with E-state index in [1.54, 1.807) is 18.2 Å². The fourth-order valence-corrected chi connectivity index (χ4v) is 1.76. The molecule has 0 aliphatic heterocycles. The maximum Gasteiger partial charge on any atom is 0.330 e. The van der Waals surface area contributed by atoms with Crippen LogP contribution in [0.4, 0.5) is 5.95 Å². The number of hydrogen-bond donors (Lipinski definition) is 1. The van der Waals surface area contributed by atoms with Crippen LogP contribution < -0.4 is 14.8 Å². The van der Waals surface area contributed by atoms with Crippen LogP contribution in [0.3, 0.4) is 0 Å². The third-order valence-corrected chi connectivity index (χ3v) is 2.69. The monoisotopic (exact) mass is 294 g/mol. The van der Waals surface area contributed by atoms with Gasteiger partial charge in [-0.25, -0.2) is 0 Å². The quantitative estimate of drug-likeness (QED) is 0.914. The van der Waals surface area contributed by atoms with E-state index in [0.29, 0.717) is 23.3 Å². The molecule has 1 N–H and O–H groups in total. The van der Waals surface area contributed by atoms with Crippen LogP contribution in [0.25, 0.3) is 0 Å². The predicted octanol–water partition coefficient (Wildman–Crippen LogP) is 3.07. The summed E-state index contributed by atoms with van der Waals surface area (Å²) in [6, 6.07) is 5.67. The first kappa shape index (κ1) is 14.3. The van der Waals surface area contributed by atoms with Crippen molar-refractivity contribution in [2.75, 3.05) is 19.0 Å². The number of anilines is 1. The molecular weight excluding hydrogens is 280 g/mol. The van der Waals surface area contributed by atoms with Crippen LogP contribution >= 0.6 is 11.6 Å². The van der Waals surface area contributed by atoms with Gasteiger partial charge in [0.15, 0.2) is 0 Å². The predicted molar refractivity (Wildman–Crippen MR) is 76.8 cm³/mol. The van der Waals surface area contributed by atoms with Crippen molar-refractivity contribution in [2.24, 2.45) is 0 Å². The lowest BCUT2D eigenvalue weighted by atomic mass is 10.2. The summed E-state index contributed by atoms with van der Waals surface area (Å²) < 4.78 is 10.7. The number of rotatable bonds is 5. The molecule has 1 heterocycles. The van der Waals surface area contributed by atoms with Crippen LogP contribution in [0, 0.1) is 6.92 Å². The van der Waals surface area contributed by atoms with Crippen LogP contribution in [-0.4, -0.2) is 28.6 Å². The van der Waals surface area contributed by atoms with Gasteiger partial charge in [-0.1, -0.05) is 11.6 Å². The number of hydrogen-bond acceptors (Lipinski definition) is 6. The van der Waals surface area contributed by atoms with Crippen molar-refractivity contribution in [2.45, 2.75) is 13.8 Å². The normalized spacial score (nSPS) is 10.2. The van der Waals surface area contributed by atoms with Gasteiger partial charge in [-0.2, -0.15) is 9.97 Å². The van der Waals surface area contributed by atoms with Gasteiger partial charge in [0, 0.05) is 11.6 Å². The number of benzene rings is 1. The Morgan fingerprint density at radius 3 is 2.60 bits per heavy atom. The molecule has 2 rings (SSSR count). The number of nitrogens with zero attached hydrogens (tertiary/aromatic N) is 3. The summed E-state index contributed by atoms with van der Waals surface area (Å²) in [6.07, 6.45) is 0. The fourth-order valence-electron chi connectivity index (χ4n) is 1.54. The smallest absolute Gasteiger partial charge is 0.330 e. The molecule has 106 valence electrons. The summed E-state index contributed by atoms with van der Waals surface area (Å²) in [7, 11) is 1.49. The lowest BCUT2D eigenvalue weighted by Crippen LogP contribution is -2.06. The van der Waals surface area contributed by atoms with Crippen molar-refractivity contribution >= 4 is 17.5 Å². The third kappa shape index (κ3) is 3.48. The summed E-state index contributed by atoms with van der Waals surface area (Å²) in [6.45, 7) is 4.53. The Kier molecular flexibility index (Phi) is 4.57. The fraction of sp³-hybridized carbons (Fsp3) is 0.308. The van der Waals surface area contributed by atoms with E-state index >= 15 is 0 Å². The molecule has 2 aromatic rings. The van der Waals surface area contributed by atoms with E-state index in [4.69, 9.17) is 21.1 Å². The Balaban J connectivity index is 2.29. The van der Waals surface area contributed by atoms with Crippen molar-refractivity contribution in [3.63, 3.8) is 0 Å². The minimum atomic E-state index is 0.165. The second kappa shape index (κ2) is 6.38. The van der Waals surface area contributed by atoms with Crippen LogP contribution in [0.2, 0.25) is 5.02 Å². The Labute approximate surface area is 122 Å². The van der Waals surface area contributed by atoms with Crippen LogP contribution in [-0.2, 0) is 0 Å². The lowest BCUT2D eigenvalue weighted by molar-refractivity contribution is 0.359. The number of halogens is 1. The van der Waals surface area contributed by atoms with E-state index in [2.05, 4.69) is 20.3 Å². The molecule has 1 aromatic carbocycles. The number of ether oxygens (including phenoxy) is 2. The van der Waals surface area contributed by atoms with E-state index in [0.717, 1.165) is 5.56 Å². The van der Waals surface area contributed by atoms with Crippen LogP contribution in [0.15, 0.2) is 18.2 Å². The number of aryl methyl sites for hydroxylation is 1. The summed E-state index contributed by atoms with van der Waals surface area (Å²) in [4.78, 5) is 12.3. The minimum absolute atomic E-state index is 0.165. The molecule has 0 fully saturated rings. The van der Waals surface area contributed by atoms with Crippen molar-refractivity contribution in [1.29, 1.82) is 0 Å². The van der Waals surface area contributed by atoms with Crippen LogP contribution in [0.5, 0.6) is 17.8 Å². The van der Waals surface area contributed by atoms with Gasteiger partial charge in [-0.3, -0.25) is 0 Å². The summed E-state index contributed by atoms with van der Waals surface area (Å²) >= 11 is 5.91. The first-order valence-corrected chi connectivity index (χ1v) is 6.48. The molecule has 0 unspecified atom stereocenters. The molecule has 7 heteroatoms. The topological polar surface area (TPSA) is 69.2 Å². The van der Waals surface area contributed by atoms with Gasteiger partial charge in [0.25, 0.3) is 0 Å². The van der Waals surface area contributed by atoms with Gasteiger partial charge in [-0.05, 0) is 37.6 Å². The zero-order valence-electron chi connectivity index (χ0n) is 11.5. The van der Waals surface area contributed by atoms with Gasteiger partial charge in [0.1, 0.15) is 5.75 Å². The van der Waals surface area contributed by atoms with Crippen molar-refractivity contribution in [3.05, 3.63) is 28.8 Å². The molecular formula is C13H15ClN4O2. The van der Waals surface area contributed by atoms with Crippen molar-refractivity contribution in [1.82, 2.24) is 15.0 Å². The maximum atomic E-state index is 5.91. The highest BCUT2D eigenvalue weighted by molar-refractivity contribution is 6.30. The molecule has 0 radical (unpaired) electrons. The first-order valence-electron chi connectivity index (χ1n) is 6.10. The maximum absolute atomic E-state index is 5.91. The Hall–Kier alpha value is -2.08. The molecule has 0 aliphatic carbocycles. The zero-order valence-corrected chi connectivity index (χ0v) is 12.2. The van der Waals surface area contributed by atoms with E-state index < -0.39 is 0 Å². The van der Waals surface area contributed by atoms with Gasteiger partial charge >= 0.3 is 12.0 Å². The SMILES string of the molecule is CCNc1nc(OC)nc(Oc2ccc(Cl)cc2C)n1. The van der Waals surface area contributed by atoms with E-state index in [9.17, 15) is 0 Å². The van der Waals surface area contributed by atoms with Gasteiger partial charge in [0.05, 0.1) is 7.11 Å². The summed E-state index contributed by atoms with van der Waals surface area (Å²) in [5.74, 6) is 1.03. The standard InChI is InChI=1S/C13H15ClN4O2/c1-4-15-11-16-12(19-3)18-13(17-11)20-10-6-5-9(14)7-8(10)2/h5-7H,4H2,1-3H3,(H,15,16,17,18). The van der Waals surface area contributed by atoms with Crippen molar-refractivity contribution in [3.8, 4) is 17.8 Å². The number of methoxy groups -OCH3 is 1. The molecule has 0 bridgehead atoms. The molecule has 0 atom stereocenters. The zero-order chi connectivity index (χ0) is 14.5. The average molecular weight is 295 g/mol. The first-order chi connectivity index (χ1) is 9.62. The van der Waals surface area contributed by atoms with Crippen LogP contribution in [0.1, 0.15) is 12.5 Å². The molecule has 6 nitrogen and oxygen atoms in total. The van der Waals surface area contributed by atoms with Gasteiger partial charge in [0.2, 0.25) is 5.95 Å². The Morgan fingerprint density at radius 2 is 1.95 bits per heavy atom. The second-order valence-electron chi connectivity index (χ2n) is 3.97. The molecule has 0 spiro atoms. The van der Waals surface area contributed by atoms with E-state index in [-0.39, 0.29) is 12.0 Å². The third-order valence-electron chi connectivity index (χ3n) is 2.45. The minimum Gasteiger partial charge on any atom is -0.467 e. The van der Waals surface area contributed by atoms with E-state index in [1.807, 2.05) is 13.8 Å². The lowest BCUT2D eigenvalue weighted by Gasteiger charge is -2.09. The highest BCUT2D eigenvalue weighted by atomic mass is 35.5. The second-order valence-corrected chi connectivity index (χ2v) is 4.41. The number of aromatic nitrogens is 3. The van der Waals surface area contributed by atoms with Crippen molar-refractivity contribution < 1.29 is 9.47 Å². The molecule has 0 saturated carbocycles. The molecule has 1 aromatic heterocycles. The Bertz CT molecular complexity index is 607. The highest BCUT2D eigenvalue weighted by Gasteiger charge is 2.10. The van der Waals surface area contributed by atoms with Gasteiger partial charge < -0.3 is 14.8 Å². The molecule has 0 aliphatic rings. The molecule has 0 saturated heterocycles. The van der Waals surface area contributed by atoms with Gasteiger partial charge in [-0.15, -0.1) is 4.98 Å².